The summed E-state index contributed by atoms with van der Waals surface area (Å²) in [7, 11) is 0. The van der Waals surface area contributed by atoms with Crippen LogP contribution in [-0.4, -0.2) is 43.2 Å². The predicted molar refractivity (Wildman–Crippen MR) is 132 cm³/mol. The number of halogens is 3. The van der Waals surface area contributed by atoms with Crippen molar-refractivity contribution in [2.24, 2.45) is 0 Å². The number of nitrogens with zero attached hydrogens (tertiary/aromatic N) is 2. The minimum atomic E-state index is -0.204. The van der Waals surface area contributed by atoms with Crippen LogP contribution in [0.1, 0.15) is 29.2 Å². The maximum Gasteiger partial charge on any atom is 0.127 e. The van der Waals surface area contributed by atoms with Crippen LogP contribution in [0.25, 0.3) is 0 Å². The first-order valence-electron chi connectivity index (χ1n) is 10.1. The molecule has 2 heterocycles. The van der Waals surface area contributed by atoms with Crippen LogP contribution >= 0.6 is 36.4 Å². The number of hydrogen-bond acceptors (Lipinski definition) is 4. The summed E-state index contributed by atoms with van der Waals surface area (Å²) in [6.45, 7) is 13.5. The van der Waals surface area contributed by atoms with E-state index >= 15 is 0 Å². The predicted octanol–water partition coefficient (Wildman–Crippen LogP) is 5.21. The smallest absolute Gasteiger partial charge is 0.127 e. The minimum Gasteiger partial charge on any atom is -0.485 e. The molecule has 0 aliphatic carbocycles. The minimum absolute atomic E-state index is 0. The summed E-state index contributed by atoms with van der Waals surface area (Å²) in [4.78, 5) is 4.89. The molecule has 2 aromatic carbocycles. The molecule has 2 aromatic rings. The number of benzene rings is 2. The molecule has 0 aromatic heterocycles. The zero-order valence-electron chi connectivity index (χ0n) is 18.1. The Balaban J connectivity index is 0.00000160. The van der Waals surface area contributed by atoms with Gasteiger partial charge < -0.3 is 15.4 Å². The summed E-state index contributed by atoms with van der Waals surface area (Å²) >= 11 is 6.37. The third-order valence-corrected chi connectivity index (χ3v) is 6.78. The van der Waals surface area contributed by atoms with Gasteiger partial charge in [-0.25, -0.2) is 0 Å². The van der Waals surface area contributed by atoms with Gasteiger partial charge >= 0.3 is 0 Å². The van der Waals surface area contributed by atoms with Gasteiger partial charge in [-0.3, -0.25) is 4.90 Å². The number of nitrogens with two attached hydrogens (primary N) is 1. The van der Waals surface area contributed by atoms with E-state index in [0.29, 0.717) is 0 Å². The van der Waals surface area contributed by atoms with Crippen LogP contribution < -0.4 is 15.4 Å². The summed E-state index contributed by atoms with van der Waals surface area (Å²) < 4.78 is 6.54. The van der Waals surface area contributed by atoms with Crippen molar-refractivity contribution in [3.8, 4) is 5.75 Å². The highest BCUT2D eigenvalue weighted by Gasteiger charge is 2.39. The molecule has 0 spiro atoms. The van der Waals surface area contributed by atoms with Crippen LogP contribution in [-0.2, 0) is 6.42 Å². The Morgan fingerprint density at radius 1 is 1.00 bits per heavy atom. The average molecular weight is 473 g/mol. The molecule has 30 heavy (non-hydrogen) atoms. The molecule has 0 radical (unpaired) electrons. The Kier molecular flexibility index (Phi) is 7.84. The first kappa shape index (κ1) is 24.9. The third kappa shape index (κ3) is 4.47. The Labute approximate surface area is 197 Å². The highest BCUT2D eigenvalue weighted by molar-refractivity contribution is 6.33. The van der Waals surface area contributed by atoms with E-state index in [1.165, 1.54) is 16.7 Å². The molecule has 7 heteroatoms. The van der Waals surface area contributed by atoms with E-state index in [9.17, 15) is 0 Å². The Morgan fingerprint density at radius 2 is 1.63 bits per heavy atom. The number of fused-ring (bicyclic) bond motifs is 1. The molecule has 0 saturated carbocycles. The van der Waals surface area contributed by atoms with Gasteiger partial charge in [-0.1, -0.05) is 23.7 Å². The topological polar surface area (TPSA) is 41.7 Å². The van der Waals surface area contributed by atoms with Crippen molar-refractivity contribution in [3.63, 3.8) is 0 Å². The van der Waals surface area contributed by atoms with Gasteiger partial charge in [0.15, 0.2) is 0 Å². The van der Waals surface area contributed by atoms with Crippen LogP contribution in [0.5, 0.6) is 5.75 Å². The van der Waals surface area contributed by atoms with E-state index in [1.54, 1.807) is 0 Å². The van der Waals surface area contributed by atoms with Gasteiger partial charge in [0.25, 0.3) is 0 Å². The van der Waals surface area contributed by atoms with Crippen molar-refractivity contribution >= 4 is 47.8 Å². The summed E-state index contributed by atoms with van der Waals surface area (Å²) in [5, 5.41) is 0.830. The summed E-state index contributed by atoms with van der Waals surface area (Å²) in [5.41, 5.74) is 13.0. The van der Waals surface area contributed by atoms with E-state index in [4.69, 9.17) is 22.1 Å². The molecule has 0 bridgehead atoms. The van der Waals surface area contributed by atoms with Gasteiger partial charge in [0.1, 0.15) is 11.4 Å². The van der Waals surface area contributed by atoms with E-state index in [2.05, 4.69) is 49.6 Å². The van der Waals surface area contributed by atoms with E-state index in [1.807, 2.05) is 12.1 Å². The molecule has 1 atom stereocenters. The molecule has 1 saturated heterocycles. The lowest BCUT2D eigenvalue weighted by atomic mass is 9.91. The van der Waals surface area contributed by atoms with E-state index < -0.39 is 0 Å². The number of hydrogen-bond donors (Lipinski definition) is 1. The largest absolute Gasteiger partial charge is 0.485 e. The van der Waals surface area contributed by atoms with Crippen molar-refractivity contribution in [2.45, 2.75) is 39.7 Å². The molecule has 2 aliphatic rings. The van der Waals surface area contributed by atoms with Gasteiger partial charge in [-0.2, -0.15) is 0 Å². The van der Waals surface area contributed by atoms with Gasteiger partial charge in [-0.15, -0.1) is 24.8 Å². The van der Waals surface area contributed by atoms with Gasteiger partial charge in [0.05, 0.1) is 10.7 Å². The molecule has 2 aliphatic heterocycles. The number of nitrogen functional groups attached to an aromatic ring is 1. The SMILES string of the molecule is Cc1c(C)c2c(c(C)c1N)CC(C)(CN1CCN(c3ccccc3Cl)CC1)O2.Cl.Cl. The molecule has 0 amide bonds. The van der Waals surface area contributed by atoms with Crippen molar-refractivity contribution in [1.82, 2.24) is 4.90 Å². The lowest BCUT2D eigenvalue weighted by Gasteiger charge is -2.39. The van der Waals surface area contributed by atoms with Crippen LogP contribution in [0.2, 0.25) is 5.02 Å². The number of ether oxygens (including phenoxy) is 1. The van der Waals surface area contributed by atoms with E-state index in [0.717, 1.165) is 66.9 Å². The maximum absolute atomic E-state index is 6.54. The zero-order chi connectivity index (χ0) is 20.1. The molecule has 166 valence electrons. The standard InChI is InChI=1S/C23H30ClN3O.2ClH/c1-15-16(2)22-18(17(3)21(15)25)13-23(4,28-22)14-26-9-11-27(12-10-26)20-8-6-5-7-19(20)24;;/h5-8H,9-14,25H2,1-4H3;2*1H. The number of rotatable bonds is 3. The van der Waals surface area contributed by atoms with E-state index in [-0.39, 0.29) is 30.4 Å². The van der Waals surface area contributed by atoms with Crippen LogP contribution in [0.3, 0.4) is 0 Å². The second-order valence-corrected chi connectivity index (χ2v) is 8.95. The lowest BCUT2D eigenvalue weighted by Crippen LogP contribution is -2.52. The highest BCUT2D eigenvalue weighted by atomic mass is 35.5. The van der Waals surface area contributed by atoms with Gasteiger partial charge in [0, 0.05) is 50.4 Å². The van der Waals surface area contributed by atoms with Crippen molar-refractivity contribution in [3.05, 3.63) is 51.5 Å². The average Bonchev–Trinajstić information content (AvgIpc) is 3.03. The third-order valence-electron chi connectivity index (χ3n) is 6.46. The number of para-hydroxylation sites is 1. The fourth-order valence-electron chi connectivity index (χ4n) is 4.64. The summed E-state index contributed by atoms with van der Waals surface area (Å²) in [6, 6.07) is 8.10. The molecule has 1 unspecified atom stereocenters. The lowest BCUT2D eigenvalue weighted by molar-refractivity contribution is 0.0604. The first-order chi connectivity index (χ1) is 13.3. The van der Waals surface area contributed by atoms with Crippen molar-refractivity contribution in [2.75, 3.05) is 43.4 Å². The molecule has 2 N–H and O–H groups in total. The Bertz CT molecular complexity index is 874. The molecule has 4 nitrogen and oxygen atoms in total. The monoisotopic (exact) mass is 471 g/mol. The Hall–Kier alpha value is -1.33. The van der Waals surface area contributed by atoms with Crippen LogP contribution in [0.15, 0.2) is 24.3 Å². The van der Waals surface area contributed by atoms with Crippen LogP contribution in [0.4, 0.5) is 11.4 Å². The first-order valence-corrected chi connectivity index (χ1v) is 10.5. The van der Waals surface area contributed by atoms with Crippen molar-refractivity contribution < 1.29 is 4.74 Å². The highest BCUT2D eigenvalue weighted by Crippen LogP contribution is 2.44. The molecule has 1 fully saturated rings. The number of anilines is 2. The quantitative estimate of drug-likeness (QED) is 0.623. The second kappa shape index (κ2) is 9.44. The zero-order valence-corrected chi connectivity index (χ0v) is 20.5. The summed E-state index contributed by atoms with van der Waals surface area (Å²) in [6.07, 6.45) is 0.921. The number of piperazine rings is 1. The second-order valence-electron chi connectivity index (χ2n) is 8.54. The van der Waals surface area contributed by atoms with Crippen LogP contribution in [0, 0.1) is 20.8 Å². The molecule has 4 rings (SSSR count). The Morgan fingerprint density at radius 3 is 2.27 bits per heavy atom. The fourth-order valence-corrected chi connectivity index (χ4v) is 4.89. The summed E-state index contributed by atoms with van der Waals surface area (Å²) in [5.74, 6) is 1.06. The molecular weight excluding hydrogens is 441 g/mol. The van der Waals surface area contributed by atoms with Gasteiger partial charge in [-0.05, 0) is 56.5 Å². The maximum atomic E-state index is 6.54. The normalized spacial score (nSPS) is 20.8. The van der Waals surface area contributed by atoms with Crippen molar-refractivity contribution in [1.29, 1.82) is 0 Å². The fraction of sp³-hybridized carbons (Fsp3) is 0.478. The van der Waals surface area contributed by atoms with Gasteiger partial charge in [0.2, 0.25) is 0 Å². The molecular formula is C23H32Cl3N3O.